The summed E-state index contributed by atoms with van der Waals surface area (Å²) < 4.78 is 15.9. The molecule has 0 saturated carbocycles. The first-order valence-electron chi connectivity index (χ1n) is 7.16. The number of rotatable bonds is 2. The van der Waals surface area contributed by atoms with Crippen molar-refractivity contribution < 1.29 is 24.1 Å². The number of hydrogen-bond acceptors (Lipinski definition) is 6. The Labute approximate surface area is 127 Å². The molecule has 6 nitrogen and oxygen atoms in total. The molecule has 116 valence electrons. The van der Waals surface area contributed by atoms with Crippen LogP contribution in [0.5, 0.6) is 5.75 Å². The quantitative estimate of drug-likeness (QED) is 0.908. The number of fused-ring (bicyclic) bond motifs is 1. The van der Waals surface area contributed by atoms with E-state index in [0.717, 1.165) is 15.3 Å². The number of ether oxygens (including phenoxy) is 3. The lowest BCUT2D eigenvalue weighted by Crippen LogP contribution is -2.33. The van der Waals surface area contributed by atoms with Crippen LogP contribution in [-0.4, -0.2) is 42.1 Å². The lowest BCUT2D eigenvalue weighted by molar-refractivity contribution is -0.381. The number of carbonyl (C=O) groups excluding carboxylic acids is 1. The van der Waals surface area contributed by atoms with Gasteiger partial charge in [0.2, 0.25) is 6.29 Å². The highest BCUT2D eigenvalue weighted by Gasteiger charge is 2.35. The Morgan fingerprint density at radius 3 is 2.81 bits per heavy atom. The molecule has 1 saturated heterocycles. The maximum atomic E-state index is 11.8. The van der Waals surface area contributed by atoms with Crippen molar-refractivity contribution in [2.75, 3.05) is 19.7 Å². The van der Waals surface area contributed by atoms with Gasteiger partial charge in [-0.2, -0.15) is 0 Å². The van der Waals surface area contributed by atoms with Gasteiger partial charge in [0.15, 0.2) is 6.29 Å². The number of carbonyl (C=O) groups is 1. The van der Waals surface area contributed by atoms with Crippen LogP contribution in [0.15, 0.2) is 0 Å². The molecule has 0 aliphatic carbocycles. The molecular weight excluding hydrogens is 294 g/mol. The van der Waals surface area contributed by atoms with Crippen molar-refractivity contribution in [1.29, 1.82) is 0 Å². The molecule has 3 rings (SSSR count). The second kappa shape index (κ2) is 5.82. The van der Waals surface area contributed by atoms with Gasteiger partial charge in [0.25, 0.3) is 0 Å². The Bertz CT molecular complexity index is 538. The minimum atomic E-state index is -0.446. The van der Waals surface area contributed by atoms with Gasteiger partial charge in [-0.15, -0.1) is 11.3 Å². The molecule has 7 heteroatoms. The van der Waals surface area contributed by atoms with Crippen molar-refractivity contribution in [2.24, 2.45) is 0 Å². The third-order valence-electron chi connectivity index (χ3n) is 3.70. The Morgan fingerprint density at radius 1 is 1.43 bits per heavy atom. The number of thiophene rings is 1. The Kier molecular flexibility index (Phi) is 4.05. The van der Waals surface area contributed by atoms with Crippen LogP contribution in [0.2, 0.25) is 0 Å². The normalized spacial score (nSPS) is 25.0. The summed E-state index contributed by atoms with van der Waals surface area (Å²) in [6.07, 6.45) is 0.397. The van der Waals surface area contributed by atoms with Crippen LogP contribution in [0.25, 0.3) is 0 Å². The smallest absolute Gasteiger partial charge is 0.409 e. The lowest BCUT2D eigenvalue weighted by atomic mass is 10.1. The fourth-order valence-corrected chi connectivity index (χ4v) is 3.83. The van der Waals surface area contributed by atoms with E-state index < -0.39 is 6.29 Å². The van der Waals surface area contributed by atoms with Crippen molar-refractivity contribution in [2.45, 2.75) is 39.3 Å². The van der Waals surface area contributed by atoms with Crippen LogP contribution in [-0.2, 0) is 27.1 Å². The van der Waals surface area contributed by atoms with E-state index >= 15 is 0 Å². The van der Waals surface area contributed by atoms with E-state index in [0.29, 0.717) is 32.5 Å². The van der Waals surface area contributed by atoms with Gasteiger partial charge in [-0.05, 0) is 26.7 Å². The molecule has 0 radical (unpaired) electrons. The zero-order chi connectivity index (χ0) is 15.0. The summed E-state index contributed by atoms with van der Waals surface area (Å²) in [5.41, 5.74) is 0.911. The molecule has 1 aromatic rings. The highest BCUT2D eigenvalue weighted by Crippen LogP contribution is 2.45. The predicted molar refractivity (Wildman–Crippen MR) is 76.4 cm³/mol. The molecule has 0 unspecified atom stereocenters. The minimum absolute atomic E-state index is 0.212. The minimum Gasteiger partial charge on any atom is -0.506 e. The number of nitrogens with zero attached hydrogens (tertiary/aromatic N) is 1. The lowest BCUT2D eigenvalue weighted by Gasteiger charge is -2.33. The summed E-state index contributed by atoms with van der Waals surface area (Å²) in [6, 6.07) is 0. The van der Waals surface area contributed by atoms with Gasteiger partial charge in [0.05, 0.1) is 6.61 Å². The van der Waals surface area contributed by atoms with E-state index in [1.54, 1.807) is 11.8 Å². The molecule has 0 atom stereocenters. The Balaban J connectivity index is 1.72. The van der Waals surface area contributed by atoms with Crippen molar-refractivity contribution in [3.63, 3.8) is 0 Å². The SMILES string of the molecule is CCOC(=O)N1CCc2sc(C3OC(C)O3)c(O)c2CC1. The average Bonchev–Trinajstić information content (AvgIpc) is 2.61. The van der Waals surface area contributed by atoms with Crippen molar-refractivity contribution in [1.82, 2.24) is 4.90 Å². The third kappa shape index (κ3) is 2.73. The molecule has 2 aliphatic rings. The van der Waals surface area contributed by atoms with E-state index in [4.69, 9.17) is 14.2 Å². The van der Waals surface area contributed by atoms with Gasteiger partial charge >= 0.3 is 6.09 Å². The van der Waals surface area contributed by atoms with Gasteiger partial charge in [0, 0.05) is 23.5 Å². The van der Waals surface area contributed by atoms with Crippen LogP contribution in [0.3, 0.4) is 0 Å². The maximum Gasteiger partial charge on any atom is 0.409 e. The largest absolute Gasteiger partial charge is 0.506 e. The van der Waals surface area contributed by atoms with E-state index in [1.807, 2.05) is 6.92 Å². The first-order valence-corrected chi connectivity index (χ1v) is 7.97. The van der Waals surface area contributed by atoms with Crippen LogP contribution >= 0.6 is 11.3 Å². The molecule has 1 N–H and O–H groups in total. The zero-order valence-electron chi connectivity index (χ0n) is 12.1. The van der Waals surface area contributed by atoms with Gasteiger partial charge < -0.3 is 24.2 Å². The van der Waals surface area contributed by atoms with Crippen LogP contribution in [0, 0.1) is 0 Å². The average molecular weight is 313 g/mol. The van der Waals surface area contributed by atoms with Gasteiger partial charge in [0.1, 0.15) is 10.6 Å². The fourth-order valence-electron chi connectivity index (χ4n) is 2.62. The first kappa shape index (κ1) is 14.6. The van der Waals surface area contributed by atoms with E-state index in [9.17, 15) is 9.90 Å². The summed E-state index contributed by atoms with van der Waals surface area (Å²) in [5, 5.41) is 10.4. The highest BCUT2D eigenvalue weighted by molar-refractivity contribution is 7.12. The van der Waals surface area contributed by atoms with Gasteiger partial charge in [-0.1, -0.05) is 0 Å². The van der Waals surface area contributed by atoms with E-state index in [1.165, 1.54) is 11.3 Å². The Morgan fingerprint density at radius 2 is 2.14 bits per heavy atom. The molecule has 3 heterocycles. The molecular formula is C14H19NO5S. The van der Waals surface area contributed by atoms with Crippen molar-refractivity contribution in [3.05, 3.63) is 15.3 Å². The molecule has 21 heavy (non-hydrogen) atoms. The highest BCUT2D eigenvalue weighted by atomic mass is 32.1. The first-order chi connectivity index (χ1) is 10.1. The molecule has 0 aromatic carbocycles. The third-order valence-corrected chi connectivity index (χ3v) is 5.00. The second-order valence-electron chi connectivity index (χ2n) is 5.07. The molecule has 0 bridgehead atoms. The maximum absolute atomic E-state index is 11.8. The van der Waals surface area contributed by atoms with E-state index in [-0.39, 0.29) is 18.1 Å². The van der Waals surface area contributed by atoms with Crippen LogP contribution < -0.4 is 0 Å². The molecule has 0 spiro atoms. The van der Waals surface area contributed by atoms with Gasteiger partial charge in [-0.25, -0.2) is 4.79 Å². The number of aromatic hydroxyl groups is 1. The number of amides is 1. The molecule has 1 fully saturated rings. The summed E-state index contributed by atoms with van der Waals surface area (Å²) >= 11 is 1.51. The van der Waals surface area contributed by atoms with E-state index in [2.05, 4.69) is 0 Å². The molecule has 1 amide bonds. The monoisotopic (exact) mass is 313 g/mol. The summed E-state index contributed by atoms with van der Waals surface area (Å²) in [4.78, 5) is 15.3. The summed E-state index contributed by atoms with van der Waals surface area (Å²) in [7, 11) is 0. The van der Waals surface area contributed by atoms with Crippen LogP contribution in [0.1, 0.15) is 35.5 Å². The number of hydrogen-bond donors (Lipinski definition) is 1. The van der Waals surface area contributed by atoms with Crippen molar-refractivity contribution >= 4 is 17.4 Å². The summed E-state index contributed by atoms with van der Waals surface area (Å²) in [5.74, 6) is 0.262. The standard InChI is InChI=1S/C14H19NO5S/c1-3-18-14(17)15-6-4-9-10(5-7-15)21-12(11(9)16)13-19-8(2)20-13/h8,13,16H,3-7H2,1-2H3. The zero-order valence-corrected chi connectivity index (χ0v) is 12.9. The van der Waals surface area contributed by atoms with Gasteiger partial charge in [-0.3, -0.25) is 0 Å². The van der Waals surface area contributed by atoms with Crippen molar-refractivity contribution in [3.8, 4) is 5.75 Å². The fraction of sp³-hybridized carbons (Fsp3) is 0.643. The summed E-state index contributed by atoms with van der Waals surface area (Å²) in [6.45, 7) is 5.15. The Hall–Kier alpha value is -1.31. The van der Waals surface area contributed by atoms with Crippen LogP contribution in [0.4, 0.5) is 4.79 Å². The molecule has 1 aromatic heterocycles. The topological polar surface area (TPSA) is 68.2 Å². The molecule has 2 aliphatic heterocycles. The predicted octanol–water partition coefficient (Wildman–Crippen LogP) is 2.40. The second-order valence-corrected chi connectivity index (χ2v) is 6.21.